The van der Waals surface area contributed by atoms with Gasteiger partial charge in [0.15, 0.2) is 0 Å². The van der Waals surface area contributed by atoms with Crippen molar-refractivity contribution < 1.29 is 5.11 Å². The monoisotopic (exact) mass is 239 g/mol. The molecular weight excluding hydrogens is 218 g/mol. The smallest absolute Gasteiger partial charge is 0.0445 e. The number of aliphatic hydroxyl groups is 1. The number of hydrogen-bond donors (Lipinski definition) is 2. The van der Waals surface area contributed by atoms with Gasteiger partial charge in [0.05, 0.1) is 0 Å². The summed E-state index contributed by atoms with van der Waals surface area (Å²) in [6.07, 6.45) is 3.98. The Morgan fingerprint density at radius 3 is 2.50 bits per heavy atom. The lowest BCUT2D eigenvalue weighted by molar-refractivity contribution is 0.262. The molecule has 0 aliphatic carbocycles. The van der Waals surface area contributed by atoms with Crippen LogP contribution < -0.4 is 5.32 Å². The lowest BCUT2D eigenvalue weighted by atomic mass is 10.1. The maximum Gasteiger partial charge on any atom is 0.0445 e. The maximum atomic E-state index is 8.89. The van der Waals surface area contributed by atoms with Gasteiger partial charge in [-0.05, 0) is 36.8 Å². The van der Waals surface area contributed by atoms with Crippen molar-refractivity contribution >= 4 is 11.8 Å². The van der Waals surface area contributed by atoms with Crippen LogP contribution in [-0.2, 0) is 6.54 Å². The Morgan fingerprint density at radius 2 is 2.00 bits per heavy atom. The summed E-state index contributed by atoms with van der Waals surface area (Å²) in [7, 11) is 0. The van der Waals surface area contributed by atoms with Crippen LogP contribution in [0.5, 0.6) is 0 Å². The molecule has 1 aromatic carbocycles. The molecule has 1 aromatic rings. The fourth-order valence-electron chi connectivity index (χ4n) is 1.61. The summed E-state index contributed by atoms with van der Waals surface area (Å²) >= 11 is 1.76. The van der Waals surface area contributed by atoms with Crippen LogP contribution in [0.1, 0.15) is 25.3 Å². The topological polar surface area (TPSA) is 32.3 Å². The summed E-state index contributed by atoms with van der Waals surface area (Å²) < 4.78 is 0. The molecule has 3 heteroatoms. The molecule has 0 fully saturated rings. The molecule has 0 aromatic heterocycles. The van der Waals surface area contributed by atoms with Gasteiger partial charge in [0.25, 0.3) is 0 Å². The summed E-state index contributed by atoms with van der Waals surface area (Å²) in [6, 6.07) is 9.03. The molecule has 90 valence electrons. The van der Waals surface area contributed by atoms with E-state index in [4.69, 9.17) is 5.11 Å². The molecule has 0 aliphatic rings. The molecular formula is C13H21NOS. The minimum atomic E-state index is 0.261. The lowest BCUT2D eigenvalue weighted by Crippen LogP contribution is -2.28. The third kappa shape index (κ3) is 4.56. The second kappa shape index (κ2) is 7.71. The fraction of sp³-hybridized carbons (Fsp3) is 0.538. The van der Waals surface area contributed by atoms with Gasteiger partial charge >= 0.3 is 0 Å². The summed E-state index contributed by atoms with van der Waals surface area (Å²) in [5.41, 5.74) is 1.30. The van der Waals surface area contributed by atoms with Crippen LogP contribution in [0.25, 0.3) is 0 Å². The number of nitrogens with one attached hydrogen (secondary N) is 1. The zero-order valence-electron chi connectivity index (χ0n) is 10.1. The van der Waals surface area contributed by atoms with E-state index in [-0.39, 0.29) is 6.61 Å². The van der Waals surface area contributed by atoms with Crippen LogP contribution in [0.2, 0.25) is 0 Å². The van der Waals surface area contributed by atoms with Crippen LogP contribution in [0, 0.1) is 0 Å². The highest BCUT2D eigenvalue weighted by molar-refractivity contribution is 7.98. The Hall–Kier alpha value is -0.510. The van der Waals surface area contributed by atoms with Crippen molar-refractivity contribution in [1.29, 1.82) is 0 Å². The van der Waals surface area contributed by atoms with Crippen LogP contribution in [0.4, 0.5) is 0 Å². The molecule has 16 heavy (non-hydrogen) atoms. The van der Waals surface area contributed by atoms with Crippen molar-refractivity contribution in [2.75, 3.05) is 12.9 Å². The van der Waals surface area contributed by atoms with E-state index in [0.717, 1.165) is 19.4 Å². The zero-order chi connectivity index (χ0) is 11.8. The van der Waals surface area contributed by atoms with Crippen molar-refractivity contribution in [3.63, 3.8) is 0 Å². The van der Waals surface area contributed by atoms with Gasteiger partial charge in [-0.3, -0.25) is 0 Å². The van der Waals surface area contributed by atoms with E-state index in [1.54, 1.807) is 11.8 Å². The Labute approximate surface area is 102 Å². The van der Waals surface area contributed by atoms with E-state index < -0.39 is 0 Å². The molecule has 2 nitrogen and oxygen atoms in total. The van der Waals surface area contributed by atoms with Crippen molar-refractivity contribution in [3.05, 3.63) is 29.8 Å². The highest BCUT2D eigenvalue weighted by atomic mass is 32.2. The first-order chi connectivity index (χ1) is 7.80. The Bertz CT molecular complexity index is 286. The van der Waals surface area contributed by atoms with Crippen molar-refractivity contribution in [1.82, 2.24) is 5.32 Å². The predicted molar refractivity (Wildman–Crippen MR) is 70.8 cm³/mol. The van der Waals surface area contributed by atoms with E-state index in [1.165, 1.54) is 10.5 Å². The molecule has 2 N–H and O–H groups in total. The van der Waals surface area contributed by atoms with E-state index in [0.29, 0.717) is 6.04 Å². The van der Waals surface area contributed by atoms with Crippen LogP contribution in [0.3, 0.4) is 0 Å². The number of aliphatic hydroxyl groups excluding tert-OH is 1. The van der Waals surface area contributed by atoms with Crippen molar-refractivity contribution in [2.45, 2.75) is 37.2 Å². The molecule has 0 heterocycles. The van der Waals surface area contributed by atoms with Crippen LogP contribution >= 0.6 is 11.8 Å². The molecule has 1 atom stereocenters. The van der Waals surface area contributed by atoms with Gasteiger partial charge < -0.3 is 10.4 Å². The molecule has 0 aliphatic heterocycles. The van der Waals surface area contributed by atoms with Gasteiger partial charge in [0, 0.05) is 24.1 Å². The molecule has 0 spiro atoms. The third-order valence-electron chi connectivity index (χ3n) is 2.72. The van der Waals surface area contributed by atoms with Crippen LogP contribution in [-0.4, -0.2) is 24.0 Å². The van der Waals surface area contributed by atoms with E-state index in [9.17, 15) is 0 Å². The lowest BCUT2D eigenvalue weighted by Gasteiger charge is -2.15. The molecule has 0 bridgehead atoms. The third-order valence-corrected chi connectivity index (χ3v) is 3.47. The van der Waals surface area contributed by atoms with Gasteiger partial charge in [-0.1, -0.05) is 19.1 Å². The van der Waals surface area contributed by atoms with Crippen molar-refractivity contribution in [2.24, 2.45) is 0 Å². The van der Waals surface area contributed by atoms with Gasteiger partial charge in [-0.15, -0.1) is 11.8 Å². The number of hydrogen-bond acceptors (Lipinski definition) is 3. The first-order valence-corrected chi connectivity index (χ1v) is 6.99. The van der Waals surface area contributed by atoms with Gasteiger partial charge in [-0.25, -0.2) is 0 Å². The number of rotatable bonds is 7. The fourth-order valence-corrected chi connectivity index (χ4v) is 2.02. The van der Waals surface area contributed by atoms with Gasteiger partial charge in [0.2, 0.25) is 0 Å². The van der Waals surface area contributed by atoms with Crippen LogP contribution in [0.15, 0.2) is 29.2 Å². The van der Waals surface area contributed by atoms with Crippen molar-refractivity contribution in [3.8, 4) is 0 Å². The highest BCUT2D eigenvalue weighted by Crippen LogP contribution is 2.14. The largest absolute Gasteiger partial charge is 0.396 e. The molecule has 1 rings (SSSR count). The minimum Gasteiger partial charge on any atom is -0.396 e. The summed E-state index contributed by atoms with van der Waals surface area (Å²) in [6.45, 7) is 3.29. The number of benzene rings is 1. The van der Waals surface area contributed by atoms with E-state index in [1.807, 2.05) is 0 Å². The Kier molecular flexibility index (Phi) is 6.53. The predicted octanol–water partition coefficient (Wildman–Crippen LogP) is 2.66. The molecule has 1 unspecified atom stereocenters. The summed E-state index contributed by atoms with van der Waals surface area (Å²) in [5.74, 6) is 0. The zero-order valence-corrected chi connectivity index (χ0v) is 10.9. The standard InChI is InChI=1S/C13H21NOS/c1-3-12(8-9-15)14-10-11-4-6-13(16-2)7-5-11/h4-7,12,14-15H,3,8-10H2,1-2H3. The first kappa shape index (κ1) is 13.6. The molecule has 0 saturated heterocycles. The average molecular weight is 239 g/mol. The SMILES string of the molecule is CCC(CCO)NCc1ccc(SC)cc1. The minimum absolute atomic E-state index is 0.261. The Balaban J connectivity index is 2.40. The molecule has 0 amide bonds. The quantitative estimate of drug-likeness (QED) is 0.718. The molecule has 0 saturated carbocycles. The van der Waals surface area contributed by atoms with Gasteiger partial charge in [-0.2, -0.15) is 0 Å². The number of thioether (sulfide) groups is 1. The summed E-state index contributed by atoms with van der Waals surface area (Å²) in [5, 5.41) is 12.3. The highest BCUT2D eigenvalue weighted by Gasteiger charge is 2.04. The second-order valence-corrected chi connectivity index (χ2v) is 4.73. The normalized spacial score (nSPS) is 12.7. The Morgan fingerprint density at radius 1 is 1.31 bits per heavy atom. The van der Waals surface area contributed by atoms with Gasteiger partial charge in [0.1, 0.15) is 0 Å². The first-order valence-electron chi connectivity index (χ1n) is 5.77. The maximum absolute atomic E-state index is 8.89. The molecule has 0 radical (unpaired) electrons. The van der Waals surface area contributed by atoms with E-state index >= 15 is 0 Å². The second-order valence-electron chi connectivity index (χ2n) is 3.85. The van der Waals surface area contributed by atoms with E-state index in [2.05, 4.69) is 42.8 Å². The summed E-state index contributed by atoms with van der Waals surface area (Å²) in [4.78, 5) is 1.30. The average Bonchev–Trinajstić information content (AvgIpc) is 2.35.